The Morgan fingerprint density at radius 3 is 2.50 bits per heavy atom. The first kappa shape index (κ1) is 11.5. The van der Waals surface area contributed by atoms with Gasteiger partial charge in [0.2, 0.25) is 5.91 Å². The monoisotopic (exact) mass is 246 g/mol. The molecular formula is C14H18N2O2. The summed E-state index contributed by atoms with van der Waals surface area (Å²) in [6.07, 6.45) is 2.28. The van der Waals surface area contributed by atoms with E-state index in [1.54, 1.807) is 7.11 Å². The van der Waals surface area contributed by atoms with Crippen molar-refractivity contribution in [2.24, 2.45) is 0 Å². The highest BCUT2D eigenvalue weighted by molar-refractivity contribution is 5.84. The Labute approximate surface area is 107 Å². The van der Waals surface area contributed by atoms with Gasteiger partial charge in [-0.15, -0.1) is 0 Å². The zero-order valence-electron chi connectivity index (χ0n) is 10.7. The van der Waals surface area contributed by atoms with Crippen LogP contribution in [0.5, 0.6) is 5.75 Å². The van der Waals surface area contributed by atoms with E-state index in [0.29, 0.717) is 6.04 Å². The Morgan fingerprint density at radius 2 is 1.94 bits per heavy atom. The van der Waals surface area contributed by atoms with Crippen LogP contribution in [0.15, 0.2) is 24.3 Å². The molecule has 0 bridgehead atoms. The second-order valence-corrected chi connectivity index (χ2v) is 5.04. The molecule has 1 saturated carbocycles. The molecule has 3 rings (SSSR count). The number of methoxy groups -OCH3 is 1. The van der Waals surface area contributed by atoms with Crippen molar-refractivity contribution in [3.05, 3.63) is 29.8 Å². The Kier molecular flexibility index (Phi) is 2.74. The van der Waals surface area contributed by atoms with E-state index < -0.39 is 0 Å². The van der Waals surface area contributed by atoms with Crippen molar-refractivity contribution in [1.29, 1.82) is 0 Å². The molecule has 1 aliphatic heterocycles. The molecule has 1 N–H and O–H groups in total. The van der Waals surface area contributed by atoms with Crippen LogP contribution in [0.25, 0.3) is 0 Å². The van der Waals surface area contributed by atoms with Gasteiger partial charge in [0, 0.05) is 6.04 Å². The Bertz CT molecular complexity index is 453. The lowest BCUT2D eigenvalue weighted by molar-refractivity contribution is -0.130. The fourth-order valence-corrected chi connectivity index (χ4v) is 2.53. The number of carbonyl (C=O) groups is 1. The third-order valence-corrected chi connectivity index (χ3v) is 3.68. The van der Waals surface area contributed by atoms with Gasteiger partial charge in [-0.1, -0.05) is 12.1 Å². The molecule has 1 aromatic carbocycles. The van der Waals surface area contributed by atoms with Crippen LogP contribution >= 0.6 is 0 Å². The predicted octanol–water partition coefficient (Wildman–Crippen LogP) is 1.68. The third kappa shape index (κ3) is 1.86. The molecule has 18 heavy (non-hydrogen) atoms. The minimum absolute atomic E-state index is 0.0194. The Hall–Kier alpha value is -1.55. The van der Waals surface area contributed by atoms with Crippen LogP contribution in [0.4, 0.5) is 0 Å². The van der Waals surface area contributed by atoms with E-state index in [-0.39, 0.29) is 18.1 Å². The third-order valence-electron chi connectivity index (χ3n) is 3.68. The normalized spacial score (nSPS) is 27.7. The van der Waals surface area contributed by atoms with Crippen molar-refractivity contribution in [1.82, 2.24) is 10.2 Å². The minimum Gasteiger partial charge on any atom is -0.497 e. The van der Waals surface area contributed by atoms with Crippen molar-refractivity contribution in [2.45, 2.75) is 38.0 Å². The van der Waals surface area contributed by atoms with E-state index in [1.807, 2.05) is 36.1 Å². The Balaban J connectivity index is 1.87. The van der Waals surface area contributed by atoms with Crippen LogP contribution in [-0.2, 0) is 4.79 Å². The summed E-state index contributed by atoms with van der Waals surface area (Å²) in [4.78, 5) is 14.1. The number of ether oxygens (including phenoxy) is 1. The van der Waals surface area contributed by atoms with Gasteiger partial charge >= 0.3 is 0 Å². The number of nitrogens with one attached hydrogen (secondary N) is 1. The van der Waals surface area contributed by atoms with Gasteiger partial charge in [0.25, 0.3) is 0 Å². The molecule has 0 aromatic heterocycles. The van der Waals surface area contributed by atoms with Crippen molar-refractivity contribution < 1.29 is 9.53 Å². The van der Waals surface area contributed by atoms with Gasteiger partial charge in [-0.3, -0.25) is 10.1 Å². The van der Waals surface area contributed by atoms with E-state index in [1.165, 1.54) is 0 Å². The molecular weight excluding hydrogens is 228 g/mol. The van der Waals surface area contributed by atoms with E-state index in [0.717, 1.165) is 24.2 Å². The average molecular weight is 246 g/mol. The number of hydrogen-bond donors (Lipinski definition) is 1. The van der Waals surface area contributed by atoms with Crippen molar-refractivity contribution in [3.8, 4) is 5.75 Å². The van der Waals surface area contributed by atoms with Crippen molar-refractivity contribution >= 4 is 5.91 Å². The van der Waals surface area contributed by atoms with Gasteiger partial charge in [-0.25, -0.2) is 0 Å². The number of nitrogens with zero attached hydrogens (tertiary/aromatic N) is 1. The molecule has 96 valence electrons. The number of amides is 1. The standard InChI is InChI=1S/C14H18N2O2/c1-9-14(17)16(11-5-6-11)13(15-9)10-3-7-12(18-2)8-4-10/h3-4,7-9,11,13,15H,5-6H2,1-2H3. The molecule has 1 aromatic rings. The number of hydrogen-bond acceptors (Lipinski definition) is 3. The van der Waals surface area contributed by atoms with Crippen LogP contribution in [0.3, 0.4) is 0 Å². The molecule has 0 spiro atoms. The first-order chi connectivity index (χ1) is 8.70. The molecule has 2 aliphatic rings. The second kappa shape index (κ2) is 4.28. The molecule has 2 unspecified atom stereocenters. The van der Waals surface area contributed by atoms with E-state index in [2.05, 4.69) is 5.32 Å². The lowest BCUT2D eigenvalue weighted by Gasteiger charge is -2.24. The second-order valence-electron chi connectivity index (χ2n) is 5.04. The average Bonchev–Trinajstić information content (AvgIpc) is 3.18. The minimum atomic E-state index is -0.0855. The maximum atomic E-state index is 12.1. The largest absolute Gasteiger partial charge is 0.497 e. The molecule has 2 atom stereocenters. The number of rotatable bonds is 3. The molecule has 1 amide bonds. The predicted molar refractivity (Wildman–Crippen MR) is 68.2 cm³/mol. The van der Waals surface area contributed by atoms with E-state index >= 15 is 0 Å². The summed E-state index contributed by atoms with van der Waals surface area (Å²) in [5.74, 6) is 1.06. The molecule has 1 saturated heterocycles. The van der Waals surface area contributed by atoms with Crippen molar-refractivity contribution in [3.63, 3.8) is 0 Å². The lowest BCUT2D eigenvalue weighted by Crippen LogP contribution is -2.32. The zero-order valence-corrected chi connectivity index (χ0v) is 10.7. The molecule has 4 heteroatoms. The van der Waals surface area contributed by atoms with Crippen molar-refractivity contribution in [2.75, 3.05) is 7.11 Å². The highest BCUT2D eigenvalue weighted by Crippen LogP contribution is 2.37. The highest BCUT2D eigenvalue weighted by Gasteiger charge is 2.44. The molecule has 2 fully saturated rings. The maximum absolute atomic E-state index is 12.1. The van der Waals surface area contributed by atoms with Gasteiger partial charge in [-0.2, -0.15) is 0 Å². The summed E-state index contributed by atoms with van der Waals surface area (Å²) in [7, 11) is 1.66. The molecule has 1 heterocycles. The summed E-state index contributed by atoms with van der Waals surface area (Å²) in [5, 5.41) is 3.36. The topological polar surface area (TPSA) is 41.6 Å². The van der Waals surface area contributed by atoms with E-state index in [9.17, 15) is 4.79 Å². The number of benzene rings is 1. The zero-order chi connectivity index (χ0) is 12.7. The summed E-state index contributed by atoms with van der Waals surface area (Å²) >= 11 is 0. The van der Waals surface area contributed by atoms with Crippen LogP contribution in [0.1, 0.15) is 31.5 Å². The Morgan fingerprint density at radius 1 is 1.28 bits per heavy atom. The van der Waals surface area contributed by atoms with Gasteiger partial charge in [0.15, 0.2) is 0 Å². The first-order valence-electron chi connectivity index (χ1n) is 6.43. The van der Waals surface area contributed by atoms with Crippen LogP contribution < -0.4 is 10.1 Å². The summed E-state index contributed by atoms with van der Waals surface area (Å²) in [5.41, 5.74) is 1.13. The van der Waals surface area contributed by atoms with Gasteiger partial charge in [-0.05, 0) is 37.5 Å². The van der Waals surface area contributed by atoms with Crippen LogP contribution in [-0.4, -0.2) is 30.0 Å². The van der Waals surface area contributed by atoms with E-state index in [4.69, 9.17) is 4.74 Å². The van der Waals surface area contributed by atoms with Crippen LogP contribution in [0.2, 0.25) is 0 Å². The summed E-state index contributed by atoms with van der Waals surface area (Å²) in [6, 6.07) is 8.28. The molecule has 1 aliphatic carbocycles. The fraction of sp³-hybridized carbons (Fsp3) is 0.500. The maximum Gasteiger partial charge on any atom is 0.241 e. The molecule has 0 radical (unpaired) electrons. The lowest BCUT2D eigenvalue weighted by atomic mass is 10.1. The SMILES string of the molecule is COc1ccc(C2NC(C)C(=O)N2C2CC2)cc1. The van der Waals surface area contributed by atoms with Crippen LogP contribution in [0, 0.1) is 0 Å². The fourth-order valence-electron chi connectivity index (χ4n) is 2.53. The van der Waals surface area contributed by atoms with Gasteiger partial charge in [0.1, 0.15) is 11.9 Å². The first-order valence-corrected chi connectivity index (χ1v) is 6.43. The quantitative estimate of drug-likeness (QED) is 0.882. The van der Waals surface area contributed by atoms with Gasteiger partial charge < -0.3 is 9.64 Å². The smallest absolute Gasteiger partial charge is 0.241 e. The highest BCUT2D eigenvalue weighted by atomic mass is 16.5. The molecule has 4 nitrogen and oxygen atoms in total. The number of carbonyl (C=O) groups excluding carboxylic acids is 1. The summed E-state index contributed by atoms with van der Waals surface area (Å²) in [6.45, 7) is 1.93. The summed E-state index contributed by atoms with van der Waals surface area (Å²) < 4.78 is 5.16. The van der Waals surface area contributed by atoms with Gasteiger partial charge in [0.05, 0.1) is 13.2 Å².